The van der Waals surface area contributed by atoms with Crippen LogP contribution in [0.1, 0.15) is 78.1 Å². The molecule has 1 amide bonds. The summed E-state index contributed by atoms with van der Waals surface area (Å²) in [5.74, 6) is -0.640. The predicted molar refractivity (Wildman–Crippen MR) is 104 cm³/mol. The molecule has 1 heterocycles. The molecule has 0 saturated carbocycles. The number of aliphatic carboxylic acids is 1. The normalized spacial score (nSPS) is 22.4. The van der Waals surface area contributed by atoms with E-state index in [1.807, 2.05) is 29.2 Å². The second kappa shape index (κ2) is 11.9. The minimum atomic E-state index is -0.778. The second-order valence-corrected chi connectivity index (χ2v) is 7.39. The number of unbranched alkanes of at least 4 members (excludes halogenated alkanes) is 3. The molecular weight excluding hydrogens is 330 g/mol. The van der Waals surface area contributed by atoms with Gasteiger partial charge in [0.2, 0.25) is 5.91 Å². The number of hydrogen-bond acceptors (Lipinski definition) is 3. The summed E-state index contributed by atoms with van der Waals surface area (Å²) in [5, 5.41) is 18.8. The highest BCUT2D eigenvalue weighted by atomic mass is 16.4. The summed E-state index contributed by atoms with van der Waals surface area (Å²) in [6, 6.07) is 0. The van der Waals surface area contributed by atoms with Gasteiger partial charge in [-0.15, -0.1) is 0 Å². The van der Waals surface area contributed by atoms with Gasteiger partial charge < -0.3 is 15.1 Å². The fourth-order valence-corrected chi connectivity index (χ4v) is 3.32. The SMILES string of the molecule is CCCCCC(O)/C=C/[C@]1(C)CCCC(=O)N1C/C=C\CCCC(=O)O. The van der Waals surface area contributed by atoms with E-state index in [9.17, 15) is 14.7 Å². The number of rotatable bonds is 12. The number of allylic oxidation sites excluding steroid dienone is 1. The fraction of sp³-hybridized carbons (Fsp3) is 0.714. The van der Waals surface area contributed by atoms with Crippen molar-refractivity contribution in [2.24, 2.45) is 0 Å². The summed E-state index contributed by atoms with van der Waals surface area (Å²) in [4.78, 5) is 24.8. The average Bonchev–Trinajstić information content (AvgIpc) is 2.58. The largest absolute Gasteiger partial charge is 0.481 e. The van der Waals surface area contributed by atoms with Crippen LogP contribution in [0, 0.1) is 0 Å². The molecule has 1 aliphatic heterocycles. The number of carboxylic acids is 1. The van der Waals surface area contributed by atoms with Crippen LogP contribution in [0.15, 0.2) is 24.3 Å². The summed E-state index contributed by atoms with van der Waals surface area (Å²) >= 11 is 0. The number of aliphatic hydroxyl groups is 1. The van der Waals surface area contributed by atoms with E-state index in [1.165, 1.54) is 0 Å². The highest BCUT2D eigenvalue weighted by Gasteiger charge is 2.35. The van der Waals surface area contributed by atoms with Crippen molar-refractivity contribution < 1.29 is 19.8 Å². The Morgan fingerprint density at radius 2 is 2.08 bits per heavy atom. The molecule has 5 heteroatoms. The van der Waals surface area contributed by atoms with Crippen LogP contribution in [0.25, 0.3) is 0 Å². The average molecular weight is 366 g/mol. The number of likely N-dealkylation sites (tertiary alicyclic amines) is 1. The number of nitrogens with zero attached hydrogens (tertiary/aromatic N) is 1. The third kappa shape index (κ3) is 8.17. The lowest BCUT2D eigenvalue weighted by atomic mass is 9.87. The molecule has 0 aromatic rings. The Hall–Kier alpha value is -1.62. The topological polar surface area (TPSA) is 77.8 Å². The Labute approximate surface area is 157 Å². The number of hydrogen-bond donors (Lipinski definition) is 2. The van der Waals surface area contributed by atoms with E-state index in [4.69, 9.17) is 5.11 Å². The minimum absolute atomic E-state index is 0.138. The number of aliphatic hydroxyl groups excluding tert-OH is 1. The van der Waals surface area contributed by atoms with Gasteiger partial charge in [-0.05, 0) is 39.0 Å². The van der Waals surface area contributed by atoms with Crippen LogP contribution in [-0.4, -0.2) is 45.2 Å². The number of piperidine rings is 1. The van der Waals surface area contributed by atoms with Crippen molar-refractivity contribution in [2.45, 2.75) is 89.7 Å². The summed E-state index contributed by atoms with van der Waals surface area (Å²) in [5.41, 5.74) is -0.369. The maximum atomic E-state index is 12.4. The molecule has 0 spiro atoms. The summed E-state index contributed by atoms with van der Waals surface area (Å²) in [7, 11) is 0. The molecule has 2 N–H and O–H groups in total. The van der Waals surface area contributed by atoms with Gasteiger partial charge in [-0.3, -0.25) is 9.59 Å². The van der Waals surface area contributed by atoms with Crippen LogP contribution in [0.5, 0.6) is 0 Å². The zero-order chi connectivity index (χ0) is 19.4. The van der Waals surface area contributed by atoms with Gasteiger partial charge in [-0.25, -0.2) is 0 Å². The molecular formula is C21H35NO4. The second-order valence-electron chi connectivity index (χ2n) is 7.39. The van der Waals surface area contributed by atoms with Crippen molar-refractivity contribution in [3.05, 3.63) is 24.3 Å². The summed E-state index contributed by atoms with van der Waals surface area (Å²) < 4.78 is 0. The van der Waals surface area contributed by atoms with Gasteiger partial charge in [-0.2, -0.15) is 0 Å². The molecule has 0 aromatic carbocycles. The quantitative estimate of drug-likeness (QED) is 0.404. The first kappa shape index (κ1) is 22.4. The zero-order valence-electron chi connectivity index (χ0n) is 16.3. The number of carboxylic acid groups (broad SMARTS) is 1. The van der Waals surface area contributed by atoms with Gasteiger partial charge in [-0.1, -0.05) is 50.5 Å². The van der Waals surface area contributed by atoms with Crippen molar-refractivity contribution in [3.63, 3.8) is 0 Å². The van der Waals surface area contributed by atoms with Crippen molar-refractivity contribution >= 4 is 11.9 Å². The molecule has 1 fully saturated rings. The van der Waals surface area contributed by atoms with Crippen LogP contribution >= 0.6 is 0 Å². The Morgan fingerprint density at radius 3 is 2.77 bits per heavy atom. The Balaban J connectivity index is 2.59. The van der Waals surface area contributed by atoms with E-state index >= 15 is 0 Å². The molecule has 1 unspecified atom stereocenters. The molecule has 148 valence electrons. The molecule has 5 nitrogen and oxygen atoms in total. The molecule has 1 aliphatic rings. The van der Waals surface area contributed by atoms with Gasteiger partial charge in [0.25, 0.3) is 0 Å². The number of carbonyl (C=O) groups is 2. The van der Waals surface area contributed by atoms with Crippen molar-refractivity contribution in [3.8, 4) is 0 Å². The highest BCUT2D eigenvalue weighted by molar-refractivity contribution is 5.78. The molecule has 0 bridgehead atoms. The van der Waals surface area contributed by atoms with Gasteiger partial charge in [0.05, 0.1) is 11.6 Å². The molecule has 1 saturated heterocycles. The Kier molecular flexibility index (Phi) is 10.3. The molecule has 1 rings (SSSR count). The van der Waals surface area contributed by atoms with Crippen LogP contribution < -0.4 is 0 Å². The van der Waals surface area contributed by atoms with E-state index < -0.39 is 12.1 Å². The van der Waals surface area contributed by atoms with E-state index in [2.05, 4.69) is 13.8 Å². The van der Waals surface area contributed by atoms with Crippen LogP contribution in [-0.2, 0) is 9.59 Å². The third-order valence-corrected chi connectivity index (χ3v) is 4.99. The minimum Gasteiger partial charge on any atom is -0.481 e. The monoisotopic (exact) mass is 365 g/mol. The number of carbonyl (C=O) groups excluding carboxylic acids is 1. The first-order valence-electron chi connectivity index (χ1n) is 9.93. The lowest BCUT2D eigenvalue weighted by Gasteiger charge is -2.42. The first-order chi connectivity index (χ1) is 12.4. The Morgan fingerprint density at radius 1 is 1.31 bits per heavy atom. The van der Waals surface area contributed by atoms with Crippen molar-refractivity contribution in [1.82, 2.24) is 4.90 Å². The molecule has 2 atom stereocenters. The predicted octanol–water partition coefficient (Wildman–Crippen LogP) is 4.07. The lowest BCUT2D eigenvalue weighted by molar-refractivity contribution is -0.138. The standard InChI is InChI=1S/C21H35NO4/c1-3-4-7-11-18(23)14-16-21(2)15-10-12-19(24)22(21)17-9-6-5-8-13-20(25)26/h6,9,14,16,18,23H,3-5,7-8,10-13,15,17H2,1-2H3,(H,25,26)/b9-6-,16-14+/t18?,21-/m0/s1. The summed E-state index contributed by atoms with van der Waals surface area (Å²) in [6.45, 7) is 4.72. The zero-order valence-corrected chi connectivity index (χ0v) is 16.3. The fourth-order valence-electron chi connectivity index (χ4n) is 3.32. The van der Waals surface area contributed by atoms with Crippen molar-refractivity contribution in [2.75, 3.05) is 6.54 Å². The van der Waals surface area contributed by atoms with Gasteiger partial charge >= 0.3 is 5.97 Å². The number of amides is 1. The van der Waals surface area contributed by atoms with Crippen LogP contribution in [0.3, 0.4) is 0 Å². The highest BCUT2D eigenvalue weighted by Crippen LogP contribution is 2.30. The maximum absolute atomic E-state index is 12.4. The first-order valence-corrected chi connectivity index (χ1v) is 9.93. The van der Waals surface area contributed by atoms with E-state index in [0.29, 0.717) is 25.8 Å². The molecule has 0 radical (unpaired) electrons. The van der Waals surface area contributed by atoms with Crippen LogP contribution in [0.2, 0.25) is 0 Å². The van der Waals surface area contributed by atoms with Crippen LogP contribution in [0.4, 0.5) is 0 Å². The molecule has 0 aliphatic carbocycles. The van der Waals surface area contributed by atoms with E-state index in [0.717, 1.165) is 38.5 Å². The van der Waals surface area contributed by atoms with Crippen molar-refractivity contribution in [1.29, 1.82) is 0 Å². The molecule has 0 aromatic heterocycles. The molecule has 26 heavy (non-hydrogen) atoms. The van der Waals surface area contributed by atoms with E-state index in [-0.39, 0.29) is 17.9 Å². The third-order valence-electron chi connectivity index (χ3n) is 4.99. The van der Waals surface area contributed by atoms with E-state index in [1.54, 1.807) is 0 Å². The maximum Gasteiger partial charge on any atom is 0.303 e. The Bertz CT molecular complexity index is 500. The van der Waals surface area contributed by atoms with Gasteiger partial charge in [0.15, 0.2) is 0 Å². The van der Waals surface area contributed by atoms with Gasteiger partial charge in [0, 0.05) is 19.4 Å². The summed E-state index contributed by atoms with van der Waals surface area (Å²) in [6.07, 6.45) is 15.1. The smallest absolute Gasteiger partial charge is 0.303 e. The van der Waals surface area contributed by atoms with Gasteiger partial charge in [0.1, 0.15) is 0 Å². The lowest BCUT2D eigenvalue weighted by Crippen LogP contribution is -2.51.